The topological polar surface area (TPSA) is 50.4 Å². The summed E-state index contributed by atoms with van der Waals surface area (Å²) in [4.78, 5) is 12.1. The van der Waals surface area contributed by atoms with Crippen LogP contribution in [0.15, 0.2) is 42.5 Å². The summed E-state index contributed by atoms with van der Waals surface area (Å²) in [6.07, 6.45) is 0.655. The molecule has 1 atom stereocenters. The third-order valence-electron chi connectivity index (χ3n) is 3.44. The van der Waals surface area contributed by atoms with Crippen molar-refractivity contribution in [2.45, 2.75) is 12.5 Å². The number of fused-ring (bicyclic) bond motifs is 1. The number of rotatable bonds is 2. The molecular weight excluding hydrogens is 307 g/mol. The molecule has 2 N–H and O–H groups in total. The van der Waals surface area contributed by atoms with E-state index in [9.17, 15) is 9.18 Å². The Balaban J connectivity index is 1.72. The maximum Gasteiger partial charge on any atom is 0.319 e. The third kappa shape index (κ3) is 3.14. The van der Waals surface area contributed by atoms with Crippen LogP contribution in [0.25, 0.3) is 0 Å². The molecule has 2 aromatic carbocycles. The third-order valence-corrected chi connectivity index (χ3v) is 3.68. The molecule has 0 aliphatic carbocycles. The number of para-hydroxylation sites is 1. The van der Waals surface area contributed by atoms with Gasteiger partial charge < -0.3 is 15.4 Å². The van der Waals surface area contributed by atoms with E-state index in [0.29, 0.717) is 18.1 Å². The predicted molar refractivity (Wildman–Crippen MR) is 82.9 cm³/mol. The smallest absolute Gasteiger partial charge is 0.319 e. The summed E-state index contributed by atoms with van der Waals surface area (Å²) in [6.45, 7) is 0.521. The van der Waals surface area contributed by atoms with E-state index in [-0.39, 0.29) is 11.7 Å². The van der Waals surface area contributed by atoms with Crippen molar-refractivity contribution < 1.29 is 13.9 Å². The molecule has 0 radical (unpaired) electrons. The lowest BCUT2D eigenvalue weighted by Gasteiger charge is -2.26. The van der Waals surface area contributed by atoms with Crippen molar-refractivity contribution in [1.29, 1.82) is 0 Å². The average Bonchev–Trinajstić information content (AvgIpc) is 2.51. The fraction of sp³-hybridized carbons (Fsp3) is 0.188. The zero-order valence-electron chi connectivity index (χ0n) is 11.6. The molecule has 2 amide bonds. The summed E-state index contributed by atoms with van der Waals surface area (Å²) in [5.41, 5.74) is 0.959. The van der Waals surface area contributed by atoms with Crippen molar-refractivity contribution in [2.24, 2.45) is 0 Å². The van der Waals surface area contributed by atoms with Crippen molar-refractivity contribution in [2.75, 3.05) is 11.9 Å². The molecule has 3 rings (SSSR count). The molecule has 22 heavy (non-hydrogen) atoms. The fourth-order valence-corrected chi connectivity index (χ4v) is 2.57. The van der Waals surface area contributed by atoms with Crippen molar-refractivity contribution in [3.05, 3.63) is 58.9 Å². The highest BCUT2D eigenvalue weighted by atomic mass is 35.5. The van der Waals surface area contributed by atoms with Gasteiger partial charge in [0.1, 0.15) is 11.6 Å². The van der Waals surface area contributed by atoms with Crippen molar-refractivity contribution in [3.63, 3.8) is 0 Å². The first kappa shape index (κ1) is 14.7. The molecule has 0 fully saturated rings. The molecule has 0 aromatic heterocycles. The molecule has 0 saturated carbocycles. The summed E-state index contributed by atoms with van der Waals surface area (Å²) >= 11 is 5.80. The van der Waals surface area contributed by atoms with Gasteiger partial charge in [-0.25, -0.2) is 9.18 Å². The molecule has 1 aliphatic heterocycles. The first-order chi connectivity index (χ1) is 10.6. The van der Waals surface area contributed by atoms with E-state index in [2.05, 4.69) is 10.6 Å². The number of hydrogen-bond acceptors (Lipinski definition) is 2. The summed E-state index contributed by atoms with van der Waals surface area (Å²) < 4.78 is 19.2. The molecule has 1 heterocycles. The van der Waals surface area contributed by atoms with Crippen LogP contribution in [0.2, 0.25) is 5.02 Å². The van der Waals surface area contributed by atoms with Gasteiger partial charge in [-0.05, 0) is 24.3 Å². The molecule has 114 valence electrons. The number of ether oxygens (including phenoxy) is 1. The highest BCUT2D eigenvalue weighted by Crippen LogP contribution is 2.31. The number of hydrogen-bond donors (Lipinski definition) is 2. The van der Waals surface area contributed by atoms with Crippen LogP contribution in [-0.2, 0) is 0 Å². The van der Waals surface area contributed by atoms with Gasteiger partial charge in [-0.15, -0.1) is 0 Å². The van der Waals surface area contributed by atoms with E-state index in [1.54, 1.807) is 0 Å². The van der Waals surface area contributed by atoms with E-state index >= 15 is 0 Å². The largest absolute Gasteiger partial charge is 0.493 e. The summed E-state index contributed by atoms with van der Waals surface area (Å²) in [6, 6.07) is 10.9. The van der Waals surface area contributed by atoms with Gasteiger partial charge in [0.15, 0.2) is 0 Å². The van der Waals surface area contributed by atoms with E-state index in [0.717, 1.165) is 11.3 Å². The van der Waals surface area contributed by atoms with Crippen molar-refractivity contribution >= 4 is 23.3 Å². The zero-order valence-corrected chi connectivity index (χ0v) is 12.4. The number of carbonyl (C=O) groups is 1. The number of amides is 2. The Morgan fingerprint density at radius 3 is 2.95 bits per heavy atom. The number of carbonyl (C=O) groups excluding carboxylic acids is 1. The zero-order chi connectivity index (χ0) is 15.5. The van der Waals surface area contributed by atoms with Crippen LogP contribution in [0.4, 0.5) is 14.9 Å². The Morgan fingerprint density at radius 1 is 1.27 bits per heavy atom. The second-order valence-electron chi connectivity index (χ2n) is 4.95. The molecule has 1 aliphatic rings. The molecule has 0 bridgehead atoms. The van der Waals surface area contributed by atoms with Crippen LogP contribution in [0, 0.1) is 5.82 Å². The van der Waals surface area contributed by atoms with Crippen LogP contribution >= 0.6 is 11.6 Å². The summed E-state index contributed by atoms with van der Waals surface area (Å²) in [7, 11) is 0. The van der Waals surface area contributed by atoms with Gasteiger partial charge in [-0.3, -0.25) is 0 Å². The van der Waals surface area contributed by atoms with Crippen LogP contribution in [0.1, 0.15) is 18.0 Å². The lowest BCUT2D eigenvalue weighted by Crippen LogP contribution is -2.35. The Bertz CT molecular complexity index is 708. The van der Waals surface area contributed by atoms with Crippen LogP contribution < -0.4 is 15.4 Å². The highest BCUT2D eigenvalue weighted by molar-refractivity contribution is 6.30. The maximum atomic E-state index is 13.6. The Morgan fingerprint density at radius 2 is 2.09 bits per heavy atom. The second kappa shape index (κ2) is 6.23. The molecular formula is C16H14ClFN2O2. The normalized spacial score (nSPS) is 16.4. The van der Waals surface area contributed by atoms with Crippen LogP contribution in [0.3, 0.4) is 0 Å². The molecule has 4 nitrogen and oxygen atoms in total. The van der Waals surface area contributed by atoms with E-state index in [1.165, 1.54) is 18.2 Å². The van der Waals surface area contributed by atoms with Gasteiger partial charge in [-0.1, -0.05) is 29.8 Å². The standard InChI is InChI=1S/C16H14ClFN2O2/c17-10-5-6-12(18)14(9-10)20-16(21)19-13-7-8-22-15-4-2-1-3-11(13)15/h1-6,9,13H,7-8H2,(H2,19,20,21)/t13-/m1/s1. The van der Waals surface area contributed by atoms with Gasteiger partial charge in [0, 0.05) is 17.0 Å². The Kier molecular flexibility index (Phi) is 4.15. The van der Waals surface area contributed by atoms with Crippen LogP contribution in [0.5, 0.6) is 5.75 Å². The summed E-state index contributed by atoms with van der Waals surface area (Å²) in [5.74, 6) is 0.222. The number of nitrogens with one attached hydrogen (secondary N) is 2. The monoisotopic (exact) mass is 320 g/mol. The predicted octanol–water partition coefficient (Wildman–Crippen LogP) is 4.12. The Hall–Kier alpha value is -2.27. The number of benzene rings is 2. The number of halogens is 2. The van der Waals surface area contributed by atoms with Gasteiger partial charge in [0.05, 0.1) is 18.3 Å². The summed E-state index contributed by atoms with van der Waals surface area (Å²) in [5, 5.41) is 5.66. The fourth-order valence-electron chi connectivity index (χ4n) is 2.40. The molecule has 0 spiro atoms. The van der Waals surface area contributed by atoms with Gasteiger partial charge in [0.25, 0.3) is 0 Å². The molecule has 0 saturated heterocycles. The molecule has 6 heteroatoms. The highest BCUT2D eigenvalue weighted by Gasteiger charge is 2.22. The molecule has 0 unspecified atom stereocenters. The van der Waals surface area contributed by atoms with Gasteiger partial charge in [-0.2, -0.15) is 0 Å². The first-order valence-electron chi connectivity index (χ1n) is 6.88. The average molecular weight is 321 g/mol. The number of urea groups is 1. The van der Waals surface area contributed by atoms with E-state index in [4.69, 9.17) is 16.3 Å². The Labute approximate surface area is 132 Å². The van der Waals surface area contributed by atoms with Crippen LogP contribution in [-0.4, -0.2) is 12.6 Å². The quantitative estimate of drug-likeness (QED) is 0.874. The lowest BCUT2D eigenvalue weighted by atomic mass is 10.0. The van der Waals surface area contributed by atoms with E-state index < -0.39 is 11.8 Å². The van der Waals surface area contributed by atoms with Crippen molar-refractivity contribution in [3.8, 4) is 5.75 Å². The SMILES string of the molecule is O=C(Nc1cc(Cl)ccc1F)N[C@@H]1CCOc2ccccc21. The molecule has 2 aromatic rings. The van der Waals surface area contributed by atoms with E-state index in [1.807, 2.05) is 24.3 Å². The minimum atomic E-state index is -0.535. The minimum absolute atomic E-state index is 0.0466. The van der Waals surface area contributed by atoms with Gasteiger partial charge >= 0.3 is 6.03 Å². The second-order valence-corrected chi connectivity index (χ2v) is 5.39. The number of anilines is 1. The minimum Gasteiger partial charge on any atom is -0.493 e. The first-order valence-corrected chi connectivity index (χ1v) is 7.25. The maximum absolute atomic E-state index is 13.6. The van der Waals surface area contributed by atoms with Gasteiger partial charge in [0.2, 0.25) is 0 Å². The lowest BCUT2D eigenvalue weighted by molar-refractivity contribution is 0.232. The van der Waals surface area contributed by atoms with Crippen molar-refractivity contribution in [1.82, 2.24) is 5.32 Å².